The van der Waals surface area contributed by atoms with E-state index in [1.807, 2.05) is 45.0 Å². The van der Waals surface area contributed by atoms with E-state index in [4.69, 9.17) is 4.74 Å². The molecule has 38 heavy (non-hydrogen) atoms. The van der Waals surface area contributed by atoms with E-state index in [9.17, 15) is 18.4 Å². The standard InChI is InChI=1S/C31H30F2N2O3/c1-31(2,3)18-27(36)35(29-26-14-13-25(30(37)38-4)17-24(26)15-16-34-29)19-20-5-7-21(8-6-20)22-9-11-23(12-10-22)28(32)33/h5-17,28H,18-19H2,1-4H3. The molecule has 0 spiro atoms. The number of carbonyl (C=O) groups is 2. The van der Waals surface area contributed by atoms with Crippen molar-refractivity contribution in [2.75, 3.05) is 12.0 Å². The zero-order valence-corrected chi connectivity index (χ0v) is 21.9. The lowest BCUT2D eigenvalue weighted by Crippen LogP contribution is -2.34. The van der Waals surface area contributed by atoms with Gasteiger partial charge in [0.2, 0.25) is 5.91 Å². The van der Waals surface area contributed by atoms with Crippen molar-refractivity contribution in [2.24, 2.45) is 5.41 Å². The molecule has 5 nitrogen and oxygen atoms in total. The first-order valence-electron chi connectivity index (χ1n) is 12.3. The van der Waals surface area contributed by atoms with Gasteiger partial charge in [-0.3, -0.25) is 9.69 Å². The van der Waals surface area contributed by atoms with Gasteiger partial charge >= 0.3 is 5.97 Å². The summed E-state index contributed by atoms with van der Waals surface area (Å²) in [5.41, 5.74) is 2.79. The minimum Gasteiger partial charge on any atom is -0.465 e. The molecular weight excluding hydrogens is 486 g/mol. The van der Waals surface area contributed by atoms with Crippen LogP contribution in [0.1, 0.15) is 55.1 Å². The first-order chi connectivity index (χ1) is 18.1. The fourth-order valence-electron chi connectivity index (χ4n) is 4.26. The van der Waals surface area contributed by atoms with Crippen LogP contribution >= 0.6 is 0 Å². The van der Waals surface area contributed by atoms with Crippen molar-refractivity contribution in [2.45, 2.75) is 40.2 Å². The van der Waals surface area contributed by atoms with Gasteiger partial charge in [0.25, 0.3) is 6.43 Å². The van der Waals surface area contributed by atoms with Crippen LogP contribution in [-0.4, -0.2) is 24.0 Å². The number of esters is 1. The number of fused-ring (bicyclic) bond motifs is 1. The molecule has 7 heteroatoms. The summed E-state index contributed by atoms with van der Waals surface area (Å²) < 4.78 is 30.6. The zero-order valence-electron chi connectivity index (χ0n) is 21.9. The summed E-state index contributed by atoms with van der Waals surface area (Å²) in [6.07, 6.45) is -0.555. The molecule has 0 N–H and O–H groups in total. The van der Waals surface area contributed by atoms with E-state index in [0.717, 1.165) is 27.5 Å². The lowest BCUT2D eigenvalue weighted by atomic mass is 9.91. The third-order valence-electron chi connectivity index (χ3n) is 6.19. The average molecular weight is 517 g/mol. The van der Waals surface area contributed by atoms with E-state index in [-0.39, 0.29) is 16.9 Å². The van der Waals surface area contributed by atoms with Gasteiger partial charge in [-0.05, 0) is 51.8 Å². The Morgan fingerprint density at radius 1 is 0.921 bits per heavy atom. The lowest BCUT2D eigenvalue weighted by molar-refractivity contribution is -0.120. The molecule has 0 radical (unpaired) electrons. The maximum Gasteiger partial charge on any atom is 0.337 e. The second kappa shape index (κ2) is 11.1. The molecule has 0 unspecified atom stereocenters. The maximum atomic E-state index is 13.6. The molecule has 196 valence electrons. The van der Waals surface area contributed by atoms with Gasteiger partial charge in [0.05, 0.1) is 19.2 Å². The molecule has 1 amide bonds. The summed E-state index contributed by atoms with van der Waals surface area (Å²) in [5, 5.41) is 1.52. The molecule has 0 fully saturated rings. The summed E-state index contributed by atoms with van der Waals surface area (Å²) >= 11 is 0. The molecule has 3 aromatic carbocycles. The monoisotopic (exact) mass is 516 g/mol. The SMILES string of the molecule is COC(=O)c1ccc2c(N(Cc3ccc(-c4ccc(C(F)F)cc4)cc3)C(=O)CC(C)(C)C)nccc2c1. The molecule has 0 aliphatic carbocycles. The second-order valence-electron chi connectivity index (χ2n) is 10.4. The van der Waals surface area contributed by atoms with E-state index in [1.54, 1.807) is 47.5 Å². The zero-order chi connectivity index (χ0) is 27.4. The van der Waals surface area contributed by atoms with E-state index in [0.29, 0.717) is 24.3 Å². The van der Waals surface area contributed by atoms with Gasteiger partial charge in [0.1, 0.15) is 5.82 Å². The molecule has 1 aromatic heterocycles. The quantitative estimate of drug-likeness (QED) is 0.237. The normalized spacial score (nSPS) is 11.6. The Bertz CT molecular complexity index is 1440. The van der Waals surface area contributed by atoms with Gasteiger partial charge in [-0.15, -0.1) is 0 Å². The van der Waals surface area contributed by atoms with Gasteiger partial charge in [0.15, 0.2) is 0 Å². The minimum atomic E-state index is -2.50. The van der Waals surface area contributed by atoms with Crippen molar-refractivity contribution >= 4 is 28.5 Å². The van der Waals surface area contributed by atoms with E-state index in [2.05, 4.69) is 4.98 Å². The smallest absolute Gasteiger partial charge is 0.337 e. The molecule has 0 aliphatic rings. The predicted octanol–water partition coefficient (Wildman–Crippen LogP) is 7.60. The number of aromatic nitrogens is 1. The maximum absolute atomic E-state index is 13.6. The van der Waals surface area contributed by atoms with Crippen LogP contribution in [-0.2, 0) is 16.1 Å². The Morgan fingerprint density at radius 2 is 1.55 bits per heavy atom. The topological polar surface area (TPSA) is 59.5 Å². The predicted molar refractivity (Wildman–Crippen MR) is 145 cm³/mol. The van der Waals surface area contributed by atoms with E-state index >= 15 is 0 Å². The van der Waals surface area contributed by atoms with Crippen LogP contribution < -0.4 is 4.90 Å². The highest BCUT2D eigenvalue weighted by Gasteiger charge is 2.25. The number of pyridine rings is 1. The van der Waals surface area contributed by atoms with E-state index in [1.165, 1.54) is 19.2 Å². The van der Waals surface area contributed by atoms with Crippen molar-refractivity contribution in [3.8, 4) is 11.1 Å². The van der Waals surface area contributed by atoms with Gasteiger partial charge in [-0.25, -0.2) is 18.6 Å². The highest BCUT2D eigenvalue weighted by molar-refractivity contribution is 6.04. The Hall–Kier alpha value is -4.13. The molecule has 0 saturated heterocycles. The molecule has 0 bridgehead atoms. The molecule has 1 heterocycles. The van der Waals surface area contributed by atoms with Crippen LogP contribution in [0.2, 0.25) is 0 Å². The largest absolute Gasteiger partial charge is 0.465 e. The number of hydrogen-bond donors (Lipinski definition) is 0. The summed E-state index contributed by atoms with van der Waals surface area (Å²) in [6, 6.07) is 20.9. The van der Waals surface area contributed by atoms with Crippen LogP contribution in [0, 0.1) is 5.41 Å². The van der Waals surface area contributed by atoms with Crippen molar-refractivity contribution in [3.63, 3.8) is 0 Å². The summed E-state index contributed by atoms with van der Waals surface area (Å²) in [4.78, 5) is 31.8. The molecule has 4 aromatic rings. The van der Waals surface area contributed by atoms with Crippen molar-refractivity contribution in [1.82, 2.24) is 4.98 Å². The highest BCUT2D eigenvalue weighted by atomic mass is 19.3. The fraction of sp³-hybridized carbons (Fsp3) is 0.258. The van der Waals surface area contributed by atoms with Crippen molar-refractivity contribution < 1.29 is 23.1 Å². The summed E-state index contributed by atoms with van der Waals surface area (Å²) in [5.74, 6) is 0.0101. The Labute approximate surface area is 221 Å². The van der Waals surface area contributed by atoms with Crippen LogP contribution in [0.3, 0.4) is 0 Å². The minimum absolute atomic E-state index is 0.0142. The molecule has 0 aliphatic heterocycles. The van der Waals surface area contributed by atoms with Gasteiger partial charge in [0, 0.05) is 23.6 Å². The van der Waals surface area contributed by atoms with Crippen LogP contribution in [0.4, 0.5) is 14.6 Å². The van der Waals surface area contributed by atoms with Gasteiger partial charge in [-0.1, -0.05) is 69.3 Å². The number of amides is 1. The van der Waals surface area contributed by atoms with E-state index < -0.39 is 12.4 Å². The number of benzene rings is 3. The third-order valence-corrected chi connectivity index (χ3v) is 6.19. The molecular formula is C31H30F2N2O3. The average Bonchev–Trinajstić information content (AvgIpc) is 2.90. The number of methoxy groups -OCH3 is 1. The summed E-state index contributed by atoms with van der Waals surface area (Å²) in [6.45, 7) is 6.33. The Kier molecular flexibility index (Phi) is 7.86. The second-order valence-corrected chi connectivity index (χ2v) is 10.4. The first kappa shape index (κ1) is 26.9. The highest BCUT2D eigenvalue weighted by Crippen LogP contribution is 2.31. The van der Waals surface area contributed by atoms with Crippen molar-refractivity contribution in [1.29, 1.82) is 0 Å². The number of ether oxygens (including phenoxy) is 1. The molecule has 4 rings (SSSR count). The van der Waals surface area contributed by atoms with Gasteiger partial charge in [-0.2, -0.15) is 0 Å². The van der Waals surface area contributed by atoms with Crippen LogP contribution in [0.15, 0.2) is 79.0 Å². The number of halogens is 2. The van der Waals surface area contributed by atoms with Crippen molar-refractivity contribution in [3.05, 3.63) is 95.7 Å². The lowest BCUT2D eigenvalue weighted by Gasteiger charge is -2.27. The van der Waals surface area contributed by atoms with Crippen LogP contribution in [0.25, 0.3) is 21.9 Å². The number of alkyl halides is 2. The number of rotatable bonds is 7. The number of nitrogens with zero attached hydrogens (tertiary/aromatic N) is 2. The number of anilines is 1. The fourth-order valence-corrected chi connectivity index (χ4v) is 4.26. The number of carbonyl (C=O) groups excluding carboxylic acids is 2. The summed E-state index contributed by atoms with van der Waals surface area (Å²) in [7, 11) is 1.33. The van der Waals surface area contributed by atoms with Gasteiger partial charge < -0.3 is 4.74 Å². The Morgan fingerprint density at radius 3 is 2.13 bits per heavy atom. The molecule has 0 atom stereocenters. The number of hydrogen-bond acceptors (Lipinski definition) is 4. The third kappa shape index (κ3) is 6.22. The van der Waals surface area contributed by atoms with Crippen LogP contribution in [0.5, 0.6) is 0 Å². The Balaban J connectivity index is 1.68. The first-order valence-corrected chi connectivity index (χ1v) is 12.3. The molecule has 0 saturated carbocycles.